The van der Waals surface area contributed by atoms with Gasteiger partial charge in [-0.15, -0.1) is 22.9 Å². The van der Waals surface area contributed by atoms with Crippen LogP contribution < -0.4 is 4.90 Å². The van der Waals surface area contributed by atoms with Gasteiger partial charge in [-0.1, -0.05) is 0 Å². The van der Waals surface area contributed by atoms with Crippen LogP contribution in [0.2, 0.25) is 0 Å². The van der Waals surface area contributed by atoms with E-state index in [1.54, 1.807) is 5.38 Å². The molecule has 1 aromatic rings. The van der Waals surface area contributed by atoms with Crippen LogP contribution in [0.4, 0.5) is 5.13 Å². The molecule has 0 aromatic carbocycles. The van der Waals surface area contributed by atoms with E-state index in [4.69, 9.17) is 16.3 Å². The molecule has 18 heavy (non-hydrogen) atoms. The average molecular weight is 289 g/mol. The third-order valence-electron chi connectivity index (χ3n) is 2.85. The SMILES string of the molecule is CN(CCOCC1CC1)c1nc(C(=O)CCl)cs1. The lowest BCUT2D eigenvalue weighted by Gasteiger charge is -2.15. The van der Waals surface area contributed by atoms with E-state index < -0.39 is 0 Å². The Kier molecular flexibility index (Phi) is 4.97. The lowest BCUT2D eigenvalue weighted by Crippen LogP contribution is -2.23. The lowest BCUT2D eigenvalue weighted by molar-refractivity contribution is 0.101. The van der Waals surface area contributed by atoms with E-state index >= 15 is 0 Å². The molecule has 1 aliphatic rings. The molecule has 0 bridgehead atoms. The number of ether oxygens (including phenoxy) is 1. The van der Waals surface area contributed by atoms with E-state index in [0.29, 0.717) is 12.3 Å². The molecule has 0 unspecified atom stereocenters. The van der Waals surface area contributed by atoms with E-state index in [9.17, 15) is 4.79 Å². The normalized spacial score (nSPS) is 14.8. The van der Waals surface area contributed by atoms with Crippen molar-refractivity contribution < 1.29 is 9.53 Å². The Morgan fingerprint density at radius 2 is 2.44 bits per heavy atom. The minimum Gasteiger partial charge on any atom is -0.379 e. The number of likely N-dealkylation sites (N-methyl/N-ethyl adjacent to an activating group) is 1. The van der Waals surface area contributed by atoms with Gasteiger partial charge in [0.05, 0.1) is 12.5 Å². The lowest BCUT2D eigenvalue weighted by atomic mass is 10.3. The fourth-order valence-electron chi connectivity index (χ4n) is 1.47. The van der Waals surface area contributed by atoms with Gasteiger partial charge in [0, 0.05) is 25.6 Å². The third kappa shape index (κ3) is 3.93. The molecule has 1 heterocycles. The van der Waals surface area contributed by atoms with Crippen molar-refractivity contribution in [1.82, 2.24) is 4.98 Å². The van der Waals surface area contributed by atoms with Crippen molar-refractivity contribution in [3.8, 4) is 0 Å². The zero-order valence-electron chi connectivity index (χ0n) is 10.4. The number of thiazole rings is 1. The average Bonchev–Trinajstić information content (AvgIpc) is 3.07. The van der Waals surface area contributed by atoms with Crippen LogP contribution in [0.5, 0.6) is 0 Å². The van der Waals surface area contributed by atoms with Crippen LogP contribution in [0.3, 0.4) is 0 Å². The number of aromatic nitrogens is 1. The summed E-state index contributed by atoms with van der Waals surface area (Å²) in [6.45, 7) is 2.36. The van der Waals surface area contributed by atoms with Crippen molar-refractivity contribution in [2.24, 2.45) is 5.92 Å². The number of ketones is 1. The second kappa shape index (κ2) is 6.50. The van der Waals surface area contributed by atoms with Crippen LogP contribution in [-0.4, -0.2) is 43.5 Å². The molecule has 1 aliphatic carbocycles. The van der Waals surface area contributed by atoms with Crippen molar-refractivity contribution in [2.45, 2.75) is 12.8 Å². The first-order valence-corrected chi connectivity index (χ1v) is 7.45. The summed E-state index contributed by atoms with van der Waals surface area (Å²) in [6.07, 6.45) is 2.62. The summed E-state index contributed by atoms with van der Waals surface area (Å²) >= 11 is 6.95. The number of anilines is 1. The number of nitrogens with zero attached hydrogens (tertiary/aromatic N) is 2. The molecule has 1 fully saturated rings. The zero-order chi connectivity index (χ0) is 13.0. The highest BCUT2D eigenvalue weighted by Gasteiger charge is 2.21. The Bertz CT molecular complexity index is 407. The number of hydrogen-bond donors (Lipinski definition) is 0. The molecule has 0 atom stereocenters. The standard InChI is InChI=1S/C12H17ClN2O2S/c1-15(4-5-17-7-9-2-3-9)12-14-10(8-18-12)11(16)6-13/h8-9H,2-7H2,1H3. The van der Waals surface area contributed by atoms with Gasteiger partial charge in [0.2, 0.25) is 0 Å². The first kappa shape index (κ1) is 13.8. The first-order chi connectivity index (χ1) is 8.70. The summed E-state index contributed by atoms with van der Waals surface area (Å²) < 4.78 is 5.57. The minimum absolute atomic E-state index is 0.0165. The van der Waals surface area contributed by atoms with Gasteiger partial charge in [-0.2, -0.15) is 0 Å². The number of hydrogen-bond acceptors (Lipinski definition) is 5. The second-order valence-electron chi connectivity index (χ2n) is 4.51. The smallest absolute Gasteiger partial charge is 0.196 e. The summed E-state index contributed by atoms with van der Waals surface area (Å²) in [5.41, 5.74) is 0.454. The van der Waals surface area contributed by atoms with Crippen LogP contribution in [0, 0.1) is 5.92 Å². The minimum atomic E-state index is -0.127. The Morgan fingerprint density at radius 1 is 1.67 bits per heavy atom. The topological polar surface area (TPSA) is 42.4 Å². The number of carbonyl (C=O) groups is 1. The van der Waals surface area contributed by atoms with Crippen LogP contribution in [0.25, 0.3) is 0 Å². The van der Waals surface area contributed by atoms with Gasteiger partial charge in [0.15, 0.2) is 10.9 Å². The molecule has 0 N–H and O–H groups in total. The van der Waals surface area contributed by atoms with Crippen LogP contribution >= 0.6 is 22.9 Å². The molecule has 0 amide bonds. The maximum atomic E-state index is 11.4. The third-order valence-corrected chi connectivity index (χ3v) is 4.04. The van der Waals surface area contributed by atoms with Crippen LogP contribution in [-0.2, 0) is 4.74 Å². The van der Waals surface area contributed by atoms with Crippen molar-refractivity contribution in [1.29, 1.82) is 0 Å². The highest BCUT2D eigenvalue weighted by atomic mass is 35.5. The maximum Gasteiger partial charge on any atom is 0.196 e. The molecule has 6 heteroatoms. The first-order valence-electron chi connectivity index (χ1n) is 6.04. The van der Waals surface area contributed by atoms with Crippen LogP contribution in [0.15, 0.2) is 5.38 Å². The van der Waals surface area contributed by atoms with Crippen LogP contribution in [0.1, 0.15) is 23.3 Å². The van der Waals surface area contributed by atoms with E-state index in [1.165, 1.54) is 24.2 Å². The molecule has 2 rings (SSSR count). The molecule has 0 spiro atoms. The van der Waals surface area contributed by atoms with Gasteiger partial charge in [0.25, 0.3) is 0 Å². The fraction of sp³-hybridized carbons (Fsp3) is 0.667. The largest absolute Gasteiger partial charge is 0.379 e. The molecule has 1 aromatic heterocycles. The molecule has 0 saturated heterocycles. The van der Waals surface area contributed by atoms with Crippen molar-refractivity contribution in [3.63, 3.8) is 0 Å². The van der Waals surface area contributed by atoms with E-state index in [2.05, 4.69) is 4.98 Å². The predicted molar refractivity (Wildman–Crippen MR) is 74.0 cm³/mol. The predicted octanol–water partition coefficient (Wildman–Crippen LogP) is 2.43. The summed E-state index contributed by atoms with van der Waals surface area (Å²) in [7, 11) is 1.95. The summed E-state index contributed by atoms with van der Waals surface area (Å²) in [5, 5.41) is 2.58. The quantitative estimate of drug-likeness (QED) is 0.419. The van der Waals surface area contributed by atoms with Gasteiger partial charge < -0.3 is 9.64 Å². The van der Waals surface area contributed by atoms with Gasteiger partial charge in [-0.05, 0) is 18.8 Å². The maximum absolute atomic E-state index is 11.4. The fourth-order valence-corrected chi connectivity index (χ4v) is 2.43. The van der Waals surface area contributed by atoms with Crippen molar-refractivity contribution >= 4 is 33.9 Å². The number of alkyl halides is 1. The number of halogens is 1. The highest BCUT2D eigenvalue weighted by molar-refractivity contribution is 7.13. The number of rotatable bonds is 8. The van der Waals surface area contributed by atoms with Gasteiger partial charge >= 0.3 is 0 Å². The van der Waals surface area contributed by atoms with E-state index in [-0.39, 0.29) is 11.7 Å². The Hall–Kier alpha value is -0.650. The Labute approximate surface area is 116 Å². The van der Waals surface area contributed by atoms with Crippen molar-refractivity contribution in [3.05, 3.63) is 11.1 Å². The molecule has 0 radical (unpaired) electrons. The number of Topliss-reactive ketones (excluding diaryl/α,β-unsaturated/α-hetero) is 1. The Morgan fingerprint density at radius 3 is 3.11 bits per heavy atom. The monoisotopic (exact) mass is 288 g/mol. The molecule has 100 valence electrons. The summed E-state index contributed by atoms with van der Waals surface area (Å²) in [6, 6.07) is 0. The molecule has 1 saturated carbocycles. The summed E-state index contributed by atoms with van der Waals surface area (Å²) in [4.78, 5) is 17.6. The highest BCUT2D eigenvalue weighted by Crippen LogP contribution is 2.28. The molecular formula is C12H17ClN2O2S. The molecule has 0 aliphatic heterocycles. The van der Waals surface area contributed by atoms with E-state index in [0.717, 1.165) is 24.2 Å². The number of carbonyl (C=O) groups excluding carboxylic acids is 1. The Balaban J connectivity index is 1.74. The molecule has 4 nitrogen and oxygen atoms in total. The van der Waals surface area contributed by atoms with Crippen molar-refractivity contribution in [2.75, 3.05) is 37.6 Å². The van der Waals surface area contributed by atoms with E-state index in [1.807, 2.05) is 11.9 Å². The van der Waals surface area contributed by atoms with Gasteiger partial charge in [0.1, 0.15) is 5.69 Å². The second-order valence-corrected chi connectivity index (χ2v) is 5.62. The van der Waals surface area contributed by atoms with Gasteiger partial charge in [-0.25, -0.2) is 4.98 Å². The zero-order valence-corrected chi connectivity index (χ0v) is 12.0. The molecular weight excluding hydrogens is 272 g/mol. The summed E-state index contributed by atoms with van der Waals surface area (Å²) in [5.74, 6) is 0.651. The van der Waals surface area contributed by atoms with Gasteiger partial charge in [-0.3, -0.25) is 4.79 Å².